The number of benzene rings is 3. The summed E-state index contributed by atoms with van der Waals surface area (Å²) >= 11 is 12.6. The number of aryl methyl sites for hydroxylation is 3. The average molecular weight is 546 g/mol. The number of rotatable bonds is 8. The zero-order chi connectivity index (χ0) is 25.9. The van der Waals surface area contributed by atoms with E-state index >= 15 is 0 Å². The van der Waals surface area contributed by atoms with E-state index in [2.05, 4.69) is 23.5 Å². The van der Waals surface area contributed by atoms with Crippen LogP contribution in [0.2, 0.25) is 10.0 Å². The highest BCUT2D eigenvalue weighted by molar-refractivity contribution is 7.92. The summed E-state index contributed by atoms with van der Waals surface area (Å²) in [4.78, 5) is 13.4. The van der Waals surface area contributed by atoms with E-state index in [-0.39, 0.29) is 21.6 Å². The highest BCUT2D eigenvalue weighted by atomic mass is 35.5. The summed E-state index contributed by atoms with van der Waals surface area (Å²) in [6.45, 7) is 3.44. The Bertz CT molecular complexity index is 1360. The molecule has 4 rings (SSSR count). The van der Waals surface area contributed by atoms with Gasteiger partial charge in [-0.1, -0.05) is 66.0 Å². The molecule has 0 aromatic heterocycles. The van der Waals surface area contributed by atoms with E-state index in [0.717, 1.165) is 28.3 Å². The molecule has 3 aromatic carbocycles. The molecule has 0 radical (unpaired) electrons. The minimum absolute atomic E-state index is 0.0682. The van der Waals surface area contributed by atoms with Crippen LogP contribution in [0, 0.1) is 6.92 Å². The summed E-state index contributed by atoms with van der Waals surface area (Å²) in [5.41, 5.74) is 4.81. The number of halogens is 2. The average Bonchev–Trinajstić information content (AvgIpc) is 2.87. The van der Waals surface area contributed by atoms with Crippen LogP contribution in [0.1, 0.15) is 54.5 Å². The lowest BCUT2D eigenvalue weighted by molar-refractivity contribution is -0.120. The second-order valence-electron chi connectivity index (χ2n) is 9.18. The Kier molecular flexibility index (Phi) is 8.28. The van der Waals surface area contributed by atoms with Crippen molar-refractivity contribution in [1.29, 1.82) is 0 Å². The summed E-state index contributed by atoms with van der Waals surface area (Å²) < 4.78 is 28.4. The van der Waals surface area contributed by atoms with Gasteiger partial charge in [-0.15, -0.1) is 0 Å². The Morgan fingerprint density at radius 1 is 0.972 bits per heavy atom. The lowest BCUT2D eigenvalue weighted by Crippen LogP contribution is -2.42. The van der Waals surface area contributed by atoms with Crippen LogP contribution in [0.3, 0.4) is 0 Å². The van der Waals surface area contributed by atoms with E-state index in [4.69, 9.17) is 23.2 Å². The Morgan fingerprint density at radius 2 is 1.67 bits per heavy atom. The standard InChI is InChI=1S/C28H30Cl2N2O3S/c1-3-26(22-11-10-20-6-4-5-7-21(20)16-22)31-28(33)18-32(27-17-23(29)12-15-25(27)30)36(34,35)24-13-8-19(2)9-14-24/h8-17,26H,3-7,18H2,1-2H3,(H,31,33)/t26-/m0/s1. The first kappa shape index (κ1) is 26.5. The van der Waals surface area contributed by atoms with Crippen molar-refractivity contribution in [3.8, 4) is 0 Å². The Morgan fingerprint density at radius 3 is 2.36 bits per heavy atom. The van der Waals surface area contributed by atoms with Crippen molar-refractivity contribution in [1.82, 2.24) is 5.32 Å². The Labute approximate surface area is 223 Å². The van der Waals surface area contributed by atoms with Gasteiger partial charge in [0.2, 0.25) is 5.91 Å². The molecule has 36 heavy (non-hydrogen) atoms. The summed E-state index contributed by atoms with van der Waals surface area (Å²) in [6, 6.07) is 17.2. The van der Waals surface area contributed by atoms with Crippen molar-refractivity contribution in [2.45, 2.75) is 56.9 Å². The van der Waals surface area contributed by atoms with Crippen molar-refractivity contribution in [2.24, 2.45) is 0 Å². The topological polar surface area (TPSA) is 66.5 Å². The molecule has 0 fully saturated rings. The van der Waals surface area contributed by atoms with Gasteiger partial charge in [0.05, 0.1) is 21.6 Å². The van der Waals surface area contributed by atoms with Crippen LogP contribution in [0.15, 0.2) is 65.6 Å². The summed E-state index contributed by atoms with van der Waals surface area (Å²) in [7, 11) is -4.10. The van der Waals surface area contributed by atoms with E-state index in [1.165, 1.54) is 48.2 Å². The number of anilines is 1. The first-order valence-corrected chi connectivity index (χ1v) is 14.3. The largest absolute Gasteiger partial charge is 0.348 e. The highest BCUT2D eigenvalue weighted by Crippen LogP contribution is 2.33. The van der Waals surface area contributed by atoms with Crippen LogP contribution in [-0.2, 0) is 27.7 Å². The van der Waals surface area contributed by atoms with E-state index in [1.54, 1.807) is 18.2 Å². The molecule has 1 aliphatic carbocycles. The number of hydrogen-bond donors (Lipinski definition) is 1. The maximum absolute atomic E-state index is 13.7. The van der Waals surface area contributed by atoms with Gasteiger partial charge in [0.1, 0.15) is 6.54 Å². The summed E-state index contributed by atoms with van der Waals surface area (Å²) in [5, 5.41) is 3.54. The normalized spacial score (nSPS) is 14.1. The number of nitrogens with zero attached hydrogens (tertiary/aromatic N) is 1. The van der Waals surface area contributed by atoms with E-state index in [0.29, 0.717) is 11.4 Å². The van der Waals surface area contributed by atoms with Crippen molar-refractivity contribution < 1.29 is 13.2 Å². The fraction of sp³-hybridized carbons (Fsp3) is 0.321. The first-order chi connectivity index (χ1) is 17.2. The Balaban J connectivity index is 1.63. The maximum atomic E-state index is 13.7. The van der Waals surface area contributed by atoms with E-state index in [9.17, 15) is 13.2 Å². The molecule has 190 valence electrons. The SMILES string of the molecule is CC[C@H](NC(=O)CN(c1cc(Cl)ccc1Cl)S(=O)(=O)c1ccc(C)cc1)c1ccc2c(c1)CCCC2. The molecular formula is C28H30Cl2N2O3S. The fourth-order valence-corrected chi connectivity index (χ4v) is 6.44. The number of carbonyl (C=O) groups is 1. The first-order valence-electron chi connectivity index (χ1n) is 12.1. The van der Waals surface area contributed by atoms with Gasteiger partial charge in [0.25, 0.3) is 10.0 Å². The molecular weight excluding hydrogens is 515 g/mol. The molecule has 0 saturated heterocycles. The van der Waals surface area contributed by atoms with Crippen molar-refractivity contribution in [3.05, 3.63) is 93.0 Å². The zero-order valence-corrected chi connectivity index (χ0v) is 22.8. The zero-order valence-electron chi connectivity index (χ0n) is 20.4. The minimum Gasteiger partial charge on any atom is -0.348 e. The van der Waals surface area contributed by atoms with Gasteiger partial charge in [0, 0.05) is 5.02 Å². The number of sulfonamides is 1. The van der Waals surface area contributed by atoms with Crippen molar-refractivity contribution in [2.75, 3.05) is 10.8 Å². The smallest absolute Gasteiger partial charge is 0.264 e. The third-order valence-electron chi connectivity index (χ3n) is 6.59. The van der Waals surface area contributed by atoms with Crippen LogP contribution in [0.25, 0.3) is 0 Å². The quantitative estimate of drug-likeness (QED) is 0.345. The number of carbonyl (C=O) groups excluding carboxylic acids is 1. The van der Waals surface area contributed by atoms with Crippen LogP contribution < -0.4 is 9.62 Å². The second-order valence-corrected chi connectivity index (χ2v) is 11.9. The summed E-state index contributed by atoms with van der Waals surface area (Å²) in [6.07, 6.45) is 5.19. The second kappa shape index (κ2) is 11.2. The molecule has 0 bridgehead atoms. The van der Waals surface area contributed by atoms with E-state index in [1.807, 2.05) is 13.8 Å². The van der Waals surface area contributed by atoms with Gasteiger partial charge in [-0.2, -0.15) is 0 Å². The molecule has 1 atom stereocenters. The predicted octanol–water partition coefficient (Wildman–Crippen LogP) is 6.64. The van der Waals surface area contributed by atoms with Crippen molar-refractivity contribution in [3.63, 3.8) is 0 Å². The maximum Gasteiger partial charge on any atom is 0.264 e. The van der Waals surface area contributed by atoms with Crippen LogP contribution in [0.5, 0.6) is 0 Å². The molecule has 1 aliphatic rings. The van der Waals surface area contributed by atoms with Crippen molar-refractivity contribution >= 4 is 44.8 Å². The molecule has 0 spiro atoms. The number of hydrogen-bond acceptors (Lipinski definition) is 3. The molecule has 3 aromatic rings. The molecule has 0 aliphatic heterocycles. The number of fused-ring (bicyclic) bond motifs is 1. The van der Waals surface area contributed by atoms with Gasteiger partial charge in [-0.25, -0.2) is 8.42 Å². The van der Waals surface area contributed by atoms with Gasteiger partial charge in [-0.3, -0.25) is 9.10 Å². The lowest BCUT2D eigenvalue weighted by Gasteiger charge is -2.27. The molecule has 5 nitrogen and oxygen atoms in total. The Hall–Kier alpha value is -2.54. The molecule has 8 heteroatoms. The monoisotopic (exact) mass is 544 g/mol. The molecule has 0 heterocycles. The number of amides is 1. The summed E-state index contributed by atoms with van der Waals surface area (Å²) in [5.74, 6) is -0.425. The molecule has 0 saturated carbocycles. The third-order valence-corrected chi connectivity index (χ3v) is 8.92. The molecule has 1 amide bonds. The van der Waals surface area contributed by atoms with Crippen LogP contribution in [0.4, 0.5) is 5.69 Å². The minimum atomic E-state index is -4.10. The van der Waals surface area contributed by atoms with Gasteiger partial charge in [0.15, 0.2) is 0 Å². The third kappa shape index (κ3) is 5.88. The van der Waals surface area contributed by atoms with Gasteiger partial charge >= 0.3 is 0 Å². The lowest BCUT2D eigenvalue weighted by atomic mass is 9.89. The molecule has 1 N–H and O–H groups in total. The predicted molar refractivity (Wildman–Crippen MR) is 146 cm³/mol. The molecule has 0 unspecified atom stereocenters. The highest BCUT2D eigenvalue weighted by Gasteiger charge is 2.30. The van der Waals surface area contributed by atoms with Gasteiger partial charge < -0.3 is 5.32 Å². The fourth-order valence-electron chi connectivity index (χ4n) is 4.58. The van der Waals surface area contributed by atoms with Crippen LogP contribution >= 0.6 is 23.2 Å². The van der Waals surface area contributed by atoms with Crippen LogP contribution in [-0.4, -0.2) is 20.9 Å². The number of nitrogens with one attached hydrogen (secondary N) is 1. The van der Waals surface area contributed by atoms with E-state index < -0.39 is 22.5 Å². The van der Waals surface area contributed by atoms with Gasteiger partial charge in [-0.05, 0) is 86.1 Å².